The molecule has 1 aromatic rings. The molecular formula is C16H24ClNO. The number of methoxy groups -OCH3 is 1. The van der Waals surface area contributed by atoms with Gasteiger partial charge >= 0.3 is 0 Å². The first-order valence-electron chi connectivity index (χ1n) is 7.19. The van der Waals surface area contributed by atoms with Crippen LogP contribution >= 0.6 is 11.6 Å². The number of benzene rings is 1. The van der Waals surface area contributed by atoms with Crippen molar-refractivity contribution >= 4 is 11.6 Å². The molecule has 0 radical (unpaired) electrons. The minimum absolute atomic E-state index is 0.422. The molecule has 1 aliphatic rings. The molecule has 1 aliphatic carbocycles. The van der Waals surface area contributed by atoms with E-state index in [2.05, 4.69) is 13.0 Å². The van der Waals surface area contributed by atoms with Gasteiger partial charge in [0.05, 0.1) is 12.1 Å². The molecule has 1 saturated carbocycles. The first kappa shape index (κ1) is 14.7. The minimum atomic E-state index is 0.422. The van der Waals surface area contributed by atoms with Crippen LogP contribution in [0.2, 0.25) is 5.02 Å². The highest BCUT2D eigenvalue weighted by Crippen LogP contribution is 2.39. The van der Waals surface area contributed by atoms with E-state index in [1.165, 1.54) is 31.2 Å². The Hall–Kier alpha value is -0.730. The lowest BCUT2D eigenvalue weighted by Crippen LogP contribution is -2.26. The van der Waals surface area contributed by atoms with Crippen LogP contribution in [0.4, 0.5) is 0 Å². The molecule has 2 nitrogen and oxygen atoms in total. The van der Waals surface area contributed by atoms with Gasteiger partial charge in [-0.3, -0.25) is 0 Å². The third-order valence-corrected chi connectivity index (χ3v) is 4.70. The van der Waals surface area contributed by atoms with Gasteiger partial charge < -0.3 is 10.5 Å². The summed E-state index contributed by atoms with van der Waals surface area (Å²) in [5.74, 6) is 2.67. The monoisotopic (exact) mass is 281 g/mol. The Labute approximate surface area is 121 Å². The largest absolute Gasteiger partial charge is 0.495 e. The van der Waals surface area contributed by atoms with Crippen LogP contribution in [-0.2, 0) is 0 Å². The Morgan fingerprint density at radius 1 is 1.42 bits per heavy atom. The summed E-state index contributed by atoms with van der Waals surface area (Å²) in [6.07, 6.45) is 5.25. The third kappa shape index (κ3) is 3.43. The SMILES string of the molecule is COc1ccc(C(CN)C2CCCC(C)C2)cc1Cl. The summed E-state index contributed by atoms with van der Waals surface area (Å²) in [5, 5.41) is 0.683. The molecule has 19 heavy (non-hydrogen) atoms. The lowest BCUT2D eigenvalue weighted by molar-refractivity contribution is 0.248. The van der Waals surface area contributed by atoms with Gasteiger partial charge in [0.15, 0.2) is 0 Å². The van der Waals surface area contributed by atoms with E-state index in [1.807, 2.05) is 12.1 Å². The highest BCUT2D eigenvalue weighted by atomic mass is 35.5. The Morgan fingerprint density at radius 3 is 2.79 bits per heavy atom. The molecule has 0 spiro atoms. The van der Waals surface area contributed by atoms with Gasteiger partial charge in [-0.25, -0.2) is 0 Å². The molecule has 0 aromatic heterocycles. The van der Waals surface area contributed by atoms with Crippen LogP contribution in [0.1, 0.15) is 44.1 Å². The summed E-state index contributed by atoms with van der Waals surface area (Å²) >= 11 is 6.23. The summed E-state index contributed by atoms with van der Waals surface area (Å²) in [4.78, 5) is 0. The number of halogens is 1. The molecule has 0 heterocycles. The highest BCUT2D eigenvalue weighted by molar-refractivity contribution is 6.32. The molecule has 0 bridgehead atoms. The average Bonchev–Trinajstić information content (AvgIpc) is 2.40. The summed E-state index contributed by atoms with van der Waals surface area (Å²) in [6.45, 7) is 3.04. The van der Waals surface area contributed by atoms with Gasteiger partial charge in [0.1, 0.15) is 5.75 Å². The zero-order chi connectivity index (χ0) is 13.8. The van der Waals surface area contributed by atoms with E-state index in [4.69, 9.17) is 22.1 Å². The molecule has 106 valence electrons. The summed E-state index contributed by atoms with van der Waals surface area (Å²) in [7, 11) is 1.64. The van der Waals surface area contributed by atoms with Crippen molar-refractivity contribution in [1.29, 1.82) is 0 Å². The van der Waals surface area contributed by atoms with Gasteiger partial charge in [-0.1, -0.05) is 37.4 Å². The molecule has 0 aliphatic heterocycles. The normalized spacial score (nSPS) is 25.1. The second-order valence-electron chi connectivity index (χ2n) is 5.77. The topological polar surface area (TPSA) is 35.2 Å². The van der Waals surface area contributed by atoms with Crippen molar-refractivity contribution in [3.63, 3.8) is 0 Å². The lowest BCUT2D eigenvalue weighted by Gasteiger charge is -2.33. The van der Waals surface area contributed by atoms with Crippen molar-refractivity contribution in [3.05, 3.63) is 28.8 Å². The Kier molecular flexibility index (Phi) is 5.12. The maximum absolute atomic E-state index is 6.23. The van der Waals surface area contributed by atoms with Crippen molar-refractivity contribution in [2.75, 3.05) is 13.7 Å². The van der Waals surface area contributed by atoms with E-state index in [0.29, 0.717) is 23.4 Å². The summed E-state index contributed by atoms with van der Waals surface area (Å²) in [6, 6.07) is 6.09. The van der Waals surface area contributed by atoms with E-state index in [9.17, 15) is 0 Å². The molecule has 0 amide bonds. The maximum Gasteiger partial charge on any atom is 0.137 e. The zero-order valence-electron chi connectivity index (χ0n) is 11.9. The number of ether oxygens (including phenoxy) is 1. The first-order valence-corrected chi connectivity index (χ1v) is 7.57. The van der Waals surface area contributed by atoms with Crippen LogP contribution in [0.5, 0.6) is 5.75 Å². The quantitative estimate of drug-likeness (QED) is 0.897. The van der Waals surface area contributed by atoms with Gasteiger partial charge in [-0.05, 0) is 54.8 Å². The van der Waals surface area contributed by atoms with Gasteiger partial charge in [0.2, 0.25) is 0 Å². The van der Waals surface area contributed by atoms with Crippen molar-refractivity contribution in [2.24, 2.45) is 17.6 Å². The molecular weight excluding hydrogens is 258 g/mol. The second-order valence-corrected chi connectivity index (χ2v) is 6.18. The molecule has 1 fully saturated rings. The predicted octanol–water partition coefficient (Wildman–Crippen LogP) is 4.22. The van der Waals surface area contributed by atoms with Gasteiger partial charge in [-0.2, -0.15) is 0 Å². The van der Waals surface area contributed by atoms with E-state index < -0.39 is 0 Å². The zero-order valence-corrected chi connectivity index (χ0v) is 12.6. The van der Waals surface area contributed by atoms with E-state index in [0.717, 1.165) is 11.7 Å². The Morgan fingerprint density at radius 2 is 2.21 bits per heavy atom. The molecule has 2 N–H and O–H groups in total. The van der Waals surface area contributed by atoms with Gasteiger partial charge in [0, 0.05) is 0 Å². The number of hydrogen-bond donors (Lipinski definition) is 1. The van der Waals surface area contributed by atoms with Crippen LogP contribution in [0, 0.1) is 11.8 Å². The Bertz CT molecular complexity index is 421. The molecule has 3 atom stereocenters. The van der Waals surface area contributed by atoms with Gasteiger partial charge in [-0.15, -0.1) is 0 Å². The van der Waals surface area contributed by atoms with E-state index in [1.54, 1.807) is 7.11 Å². The molecule has 2 rings (SSSR count). The first-order chi connectivity index (χ1) is 9.15. The fourth-order valence-corrected chi connectivity index (χ4v) is 3.63. The fraction of sp³-hybridized carbons (Fsp3) is 0.625. The number of rotatable bonds is 4. The fourth-order valence-electron chi connectivity index (χ4n) is 3.36. The predicted molar refractivity (Wildman–Crippen MR) is 80.9 cm³/mol. The highest BCUT2D eigenvalue weighted by Gasteiger charge is 2.27. The van der Waals surface area contributed by atoms with Crippen molar-refractivity contribution < 1.29 is 4.74 Å². The van der Waals surface area contributed by atoms with Crippen molar-refractivity contribution in [3.8, 4) is 5.75 Å². The van der Waals surface area contributed by atoms with Crippen LogP contribution in [0.3, 0.4) is 0 Å². The smallest absolute Gasteiger partial charge is 0.137 e. The number of hydrogen-bond acceptors (Lipinski definition) is 2. The minimum Gasteiger partial charge on any atom is -0.495 e. The molecule has 3 unspecified atom stereocenters. The number of nitrogens with two attached hydrogens (primary N) is 1. The van der Waals surface area contributed by atoms with Crippen molar-refractivity contribution in [2.45, 2.75) is 38.5 Å². The van der Waals surface area contributed by atoms with Crippen LogP contribution in [0.25, 0.3) is 0 Å². The van der Waals surface area contributed by atoms with Crippen LogP contribution < -0.4 is 10.5 Å². The molecule has 1 aromatic carbocycles. The molecule has 3 heteroatoms. The average molecular weight is 282 g/mol. The van der Waals surface area contributed by atoms with Crippen molar-refractivity contribution in [1.82, 2.24) is 0 Å². The molecule has 0 saturated heterocycles. The Balaban J connectivity index is 2.19. The van der Waals surface area contributed by atoms with Crippen LogP contribution in [0.15, 0.2) is 18.2 Å². The van der Waals surface area contributed by atoms with Gasteiger partial charge in [0.25, 0.3) is 0 Å². The maximum atomic E-state index is 6.23. The van der Waals surface area contributed by atoms with E-state index >= 15 is 0 Å². The van der Waals surface area contributed by atoms with E-state index in [-0.39, 0.29) is 0 Å². The standard InChI is InChI=1S/C16H24ClNO/c1-11-4-3-5-12(8-11)14(10-18)13-6-7-16(19-2)15(17)9-13/h6-7,9,11-12,14H,3-5,8,10,18H2,1-2H3. The van der Waals surface area contributed by atoms with Crippen LogP contribution in [-0.4, -0.2) is 13.7 Å². The summed E-state index contributed by atoms with van der Waals surface area (Å²) in [5.41, 5.74) is 7.28. The lowest BCUT2D eigenvalue weighted by atomic mass is 9.73. The second kappa shape index (κ2) is 6.62. The summed E-state index contributed by atoms with van der Waals surface area (Å²) < 4.78 is 5.21. The third-order valence-electron chi connectivity index (χ3n) is 4.40.